The number of fused-ring (bicyclic) bond motifs is 1. The minimum atomic E-state index is -4.46. The van der Waals surface area contributed by atoms with Gasteiger partial charge >= 0.3 is 6.18 Å². The van der Waals surface area contributed by atoms with E-state index in [0.29, 0.717) is 22.5 Å². The fourth-order valence-electron chi connectivity index (χ4n) is 3.28. The second-order valence-corrected chi connectivity index (χ2v) is 6.69. The highest BCUT2D eigenvalue weighted by Crippen LogP contribution is 2.39. The zero-order chi connectivity index (χ0) is 21.5. The van der Waals surface area contributed by atoms with E-state index in [0.717, 1.165) is 12.1 Å². The maximum Gasteiger partial charge on any atom is 0.416 e. The first kappa shape index (κ1) is 19.5. The summed E-state index contributed by atoms with van der Waals surface area (Å²) in [5, 5.41) is 19.3. The van der Waals surface area contributed by atoms with Crippen LogP contribution in [0.15, 0.2) is 71.7 Å². The first-order chi connectivity index (χ1) is 14.3. The topological polar surface area (TPSA) is 73.1 Å². The van der Waals surface area contributed by atoms with Gasteiger partial charge in [-0.15, -0.1) is 0 Å². The van der Waals surface area contributed by atoms with E-state index in [4.69, 9.17) is 0 Å². The molecule has 0 atom stereocenters. The standard InChI is InChI=1S/C22H15F3N2O3/c23-22(24,25)14-5-3-4-13(10-14)12-26-20-16-6-1-2-7-17(16)27(21(20)30)15-8-9-18(28)19(29)11-15/h1-11,28-29H,12H2/b26-20-. The molecule has 152 valence electrons. The lowest BCUT2D eigenvalue weighted by molar-refractivity contribution is -0.137. The summed E-state index contributed by atoms with van der Waals surface area (Å²) >= 11 is 0. The number of para-hydroxylation sites is 1. The van der Waals surface area contributed by atoms with Gasteiger partial charge in [0.15, 0.2) is 11.5 Å². The van der Waals surface area contributed by atoms with E-state index in [2.05, 4.69) is 4.99 Å². The van der Waals surface area contributed by atoms with Crippen molar-refractivity contribution >= 4 is 23.0 Å². The highest BCUT2D eigenvalue weighted by molar-refractivity contribution is 6.55. The molecule has 1 aliphatic rings. The number of carbonyl (C=O) groups excluding carboxylic acids is 1. The van der Waals surface area contributed by atoms with Crippen LogP contribution in [0, 0.1) is 0 Å². The molecule has 3 aromatic carbocycles. The number of aromatic hydroxyl groups is 2. The van der Waals surface area contributed by atoms with Gasteiger partial charge in [0.1, 0.15) is 5.71 Å². The lowest BCUT2D eigenvalue weighted by Crippen LogP contribution is -2.25. The Labute approximate surface area is 169 Å². The van der Waals surface area contributed by atoms with Crippen LogP contribution in [-0.2, 0) is 17.5 Å². The summed E-state index contributed by atoms with van der Waals surface area (Å²) in [5.74, 6) is -1.18. The number of aliphatic imine (C=N–C) groups is 1. The molecule has 0 fully saturated rings. The average molecular weight is 412 g/mol. The summed E-state index contributed by atoms with van der Waals surface area (Å²) in [4.78, 5) is 18.7. The van der Waals surface area contributed by atoms with Gasteiger partial charge in [-0.25, -0.2) is 0 Å². The van der Waals surface area contributed by atoms with Crippen LogP contribution in [0.4, 0.5) is 24.5 Å². The predicted molar refractivity (Wildman–Crippen MR) is 105 cm³/mol. The Morgan fingerprint density at radius 3 is 2.40 bits per heavy atom. The minimum absolute atomic E-state index is 0.103. The normalized spacial score (nSPS) is 15.0. The van der Waals surface area contributed by atoms with Crippen molar-refractivity contribution in [2.24, 2.45) is 4.99 Å². The van der Waals surface area contributed by atoms with Gasteiger partial charge in [-0.2, -0.15) is 13.2 Å². The number of carbonyl (C=O) groups is 1. The molecule has 30 heavy (non-hydrogen) atoms. The molecule has 1 aliphatic heterocycles. The number of phenolic OH excluding ortho intramolecular Hbond substituents is 2. The number of nitrogens with zero attached hydrogens (tertiary/aromatic N) is 2. The Morgan fingerprint density at radius 1 is 0.900 bits per heavy atom. The number of amides is 1. The van der Waals surface area contributed by atoms with Gasteiger partial charge in [0.2, 0.25) is 0 Å². The molecular weight excluding hydrogens is 397 g/mol. The molecule has 1 amide bonds. The predicted octanol–water partition coefficient (Wildman–Crippen LogP) is 4.78. The number of hydrogen-bond donors (Lipinski definition) is 2. The Balaban J connectivity index is 1.71. The first-order valence-electron chi connectivity index (χ1n) is 8.92. The third-order valence-electron chi connectivity index (χ3n) is 4.70. The van der Waals surface area contributed by atoms with Gasteiger partial charge in [0, 0.05) is 11.6 Å². The fourth-order valence-corrected chi connectivity index (χ4v) is 3.28. The minimum Gasteiger partial charge on any atom is -0.504 e. The molecule has 0 spiro atoms. The highest BCUT2D eigenvalue weighted by Gasteiger charge is 2.35. The van der Waals surface area contributed by atoms with Crippen LogP contribution in [0.25, 0.3) is 0 Å². The van der Waals surface area contributed by atoms with E-state index in [9.17, 15) is 28.2 Å². The number of hydrogen-bond acceptors (Lipinski definition) is 4. The summed E-state index contributed by atoms with van der Waals surface area (Å²) in [7, 11) is 0. The van der Waals surface area contributed by atoms with Crippen molar-refractivity contribution in [1.29, 1.82) is 0 Å². The monoisotopic (exact) mass is 412 g/mol. The Bertz CT molecular complexity index is 1170. The Morgan fingerprint density at radius 2 is 1.67 bits per heavy atom. The number of anilines is 2. The van der Waals surface area contributed by atoms with Crippen molar-refractivity contribution in [1.82, 2.24) is 0 Å². The maximum absolute atomic E-state index is 13.1. The highest BCUT2D eigenvalue weighted by atomic mass is 19.4. The third-order valence-corrected chi connectivity index (χ3v) is 4.70. The molecule has 0 aromatic heterocycles. The second kappa shape index (κ2) is 7.22. The third kappa shape index (κ3) is 3.47. The Hall–Kier alpha value is -3.81. The molecule has 4 rings (SSSR count). The largest absolute Gasteiger partial charge is 0.504 e. The van der Waals surface area contributed by atoms with E-state index in [1.807, 2.05) is 0 Å². The molecule has 1 heterocycles. The van der Waals surface area contributed by atoms with Crippen LogP contribution < -0.4 is 4.90 Å². The van der Waals surface area contributed by atoms with Gasteiger partial charge < -0.3 is 10.2 Å². The molecule has 0 radical (unpaired) electrons. The van der Waals surface area contributed by atoms with Crippen molar-refractivity contribution in [3.05, 3.63) is 83.4 Å². The number of benzene rings is 3. The van der Waals surface area contributed by atoms with Crippen LogP contribution >= 0.6 is 0 Å². The van der Waals surface area contributed by atoms with E-state index in [1.54, 1.807) is 24.3 Å². The quantitative estimate of drug-likeness (QED) is 0.608. The van der Waals surface area contributed by atoms with Gasteiger partial charge in [-0.1, -0.05) is 30.3 Å². The molecule has 0 saturated carbocycles. The molecule has 0 saturated heterocycles. The van der Waals surface area contributed by atoms with Crippen molar-refractivity contribution < 1.29 is 28.2 Å². The zero-order valence-electron chi connectivity index (χ0n) is 15.4. The van der Waals surface area contributed by atoms with Crippen LogP contribution in [0.1, 0.15) is 16.7 Å². The van der Waals surface area contributed by atoms with E-state index in [1.165, 1.54) is 35.2 Å². The molecular formula is C22H15F3N2O3. The summed E-state index contributed by atoms with van der Waals surface area (Å²) in [6.45, 7) is -0.103. The van der Waals surface area contributed by atoms with Crippen LogP contribution in [-0.4, -0.2) is 21.8 Å². The van der Waals surface area contributed by atoms with Crippen molar-refractivity contribution in [2.75, 3.05) is 4.90 Å². The summed E-state index contributed by atoms with van der Waals surface area (Å²) in [6.07, 6.45) is -4.46. The van der Waals surface area contributed by atoms with Crippen molar-refractivity contribution in [3.63, 3.8) is 0 Å². The summed E-state index contributed by atoms with van der Waals surface area (Å²) < 4.78 is 38.8. The van der Waals surface area contributed by atoms with Gasteiger partial charge in [0.25, 0.3) is 5.91 Å². The van der Waals surface area contributed by atoms with E-state index < -0.39 is 17.6 Å². The Kier molecular flexibility index (Phi) is 4.69. The summed E-state index contributed by atoms with van der Waals surface area (Å²) in [5.41, 5.74) is 1.03. The second-order valence-electron chi connectivity index (χ2n) is 6.69. The zero-order valence-corrected chi connectivity index (χ0v) is 15.4. The first-order valence-corrected chi connectivity index (χ1v) is 8.92. The smallest absolute Gasteiger partial charge is 0.416 e. The van der Waals surface area contributed by atoms with E-state index >= 15 is 0 Å². The molecule has 0 unspecified atom stereocenters. The average Bonchev–Trinajstić information content (AvgIpc) is 2.99. The number of alkyl halides is 3. The fraction of sp³-hybridized carbons (Fsp3) is 0.0909. The molecule has 8 heteroatoms. The van der Waals surface area contributed by atoms with Crippen molar-refractivity contribution in [2.45, 2.75) is 12.7 Å². The number of phenols is 2. The van der Waals surface area contributed by atoms with Crippen LogP contribution in [0.2, 0.25) is 0 Å². The van der Waals surface area contributed by atoms with Crippen LogP contribution in [0.3, 0.4) is 0 Å². The molecule has 0 bridgehead atoms. The number of halogens is 3. The van der Waals surface area contributed by atoms with Crippen LogP contribution in [0.5, 0.6) is 11.5 Å². The lowest BCUT2D eigenvalue weighted by atomic mass is 10.1. The van der Waals surface area contributed by atoms with E-state index in [-0.39, 0.29) is 23.8 Å². The lowest BCUT2D eigenvalue weighted by Gasteiger charge is -2.17. The van der Waals surface area contributed by atoms with Crippen molar-refractivity contribution in [3.8, 4) is 11.5 Å². The molecule has 0 aliphatic carbocycles. The summed E-state index contributed by atoms with van der Waals surface area (Å²) in [6, 6.07) is 15.6. The molecule has 2 N–H and O–H groups in total. The maximum atomic E-state index is 13.1. The number of rotatable bonds is 3. The SMILES string of the molecule is O=C1/C(=N\Cc2cccc(C(F)(F)F)c2)c2ccccc2N1c1ccc(O)c(O)c1. The molecule has 3 aromatic rings. The molecule has 5 nitrogen and oxygen atoms in total. The van der Waals surface area contributed by atoms with Gasteiger partial charge in [0.05, 0.1) is 23.5 Å². The van der Waals surface area contributed by atoms with Gasteiger partial charge in [-0.3, -0.25) is 14.7 Å². The van der Waals surface area contributed by atoms with Gasteiger partial charge in [-0.05, 0) is 35.9 Å².